The molecule has 0 nitrogen and oxygen atoms in total. The summed E-state index contributed by atoms with van der Waals surface area (Å²) in [6.07, 6.45) is 1.04. The molecule has 0 aromatic heterocycles. The molecule has 0 aliphatic heterocycles. The van der Waals surface area contributed by atoms with Gasteiger partial charge < -0.3 is 0 Å². The van der Waals surface area contributed by atoms with Crippen molar-refractivity contribution in [1.82, 2.24) is 0 Å². The molecular formula is C36H58. The first-order chi connectivity index (χ1) is 15.7. The molecule has 0 heterocycles. The van der Waals surface area contributed by atoms with Crippen molar-refractivity contribution >= 4 is 0 Å². The van der Waals surface area contributed by atoms with Crippen molar-refractivity contribution in [1.29, 1.82) is 0 Å². The summed E-state index contributed by atoms with van der Waals surface area (Å²) in [6.45, 7) is 40.3. The molecular weight excluding hydrogens is 432 g/mol. The highest BCUT2D eigenvalue weighted by Crippen LogP contribution is 2.43. The quantitative estimate of drug-likeness (QED) is 0.401. The molecule has 0 aliphatic carbocycles. The Morgan fingerprint density at radius 1 is 0.361 bits per heavy atom. The monoisotopic (exact) mass is 490 g/mol. The lowest BCUT2D eigenvalue weighted by Gasteiger charge is -2.37. The zero-order chi connectivity index (χ0) is 28.3. The minimum Gasteiger partial charge on any atom is -0.0561 e. The Morgan fingerprint density at radius 3 is 0.917 bits per heavy atom. The number of rotatable bonds is 3. The van der Waals surface area contributed by atoms with Crippen molar-refractivity contribution < 1.29 is 0 Å². The van der Waals surface area contributed by atoms with Gasteiger partial charge in [-0.05, 0) is 77.9 Å². The maximum Gasteiger partial charge on any atom is -0.00628 e. The summed E-state index contributed by atoms with van der Waals surface area (Å²) in [5, 5.41) is 0. The Bertz CT molecular complexity index is 1000. The van der Waals surface area contributed by atoms with E-state index in [1.54, 1.807) is 5.56 Å². The van der Waals surface area contributed by atoms with Gasteiger partial charge in [0, 0.05) is 0 Å². The second-order valence-electron chi connectivity index (χ2n) is 17.2. The Morgan fingerprint density at radius 2 is 0.639 bits per heavy atom. The molecule has 0 unspecified atom stereocenters. The van der Waals surface area contributed by atoms with Gasteiger partial charge in [-0.2, -0.15) is 0 Å². The summed E-state index contributed by atoms with van der Waals surface area (Å²) in [5.41, 5.74) is 10.9. The van der Waals surface area contributed by atoms with E-state index < -0.39 is 0 Å². The lowest BCUT2D eigenvalue weighted by atomic mass is 9.67. The standard InChI is InChI=1S/C36H58/c1-31(2,3)24-18-25(32(4,5)6)20-27(19-24)36(16,17)23-28-29(34(10,11)12)21-26(33(7,8)9)22-30(28)35(13,14)15/h18-22H,23H2,1-17H3. The van der Waals surface area contributed by atoms with E-state index in [0.717, 1.165) is 6.42 Å². The van der Waals surface area contributed by atoms with Gasteiger partial charge in [-0.3, -0.25) is 0 Å². The minimum absolute atomic E-state index is 0.00447. The van der Waals surface area contributed by atoms with Gasteiger partial charge in [0.15, 0.2) is 0 Å². The van der Waals surface area contributed by atoms with Gasteiger partial charge in [0.2, 0.25) is 0 Å². The first-order valence-electron chi connectivity index (χ1n) is 14.1. The maximum absolute atomic E-state index is 2.52. The molecule has 202 valence electrons. The fourth-order valence-electron chi connectivity index (χ4n) is 5.06. The van der Waals surface area contributed by atoms with E-state index in [0.29, 0.717) is 0 Å². The van der Waals surface area contributed by atoms with E-state index in [2.05, 4.69) is 148 Å². The Balaban J connectivity index is 2.87. The third kappa shape index (κ3) is 7.05. The molecule has 0 atom stereocenters. The van der Waals surface area contributed by atoms with Gasteiger partial charge in [0.25, 0.3) is 0 Å². The predicted octanol–water partition coefficient (Wildman–Crippen LogP) is 10.7. The molecule has 2 aromatic rings. The van der Waals surface area contributed by atoms with Crippen LogP contribution >= 0.6 is 0 Å². The highest BCUT2D eigenvalue weighted by molar-refractivity contribution is 5.50. The molecule has 2 aromatic carbocycles. The van der Waals surface area contributed by atoms with Crippen molar-refractivity contribution in [2.75, 3.05) is 0 Å². The molecule has 0 saturated carbocycles. The summed E-state index contributed by atoms with van der Waals surface area (Å²) in [5.74, 6) is 0. The number of hydrogen-bond acceptors (Lipinski definition) is 0. The van der Waals surface area contributed by atoms with Crippen molar-refractivity contribution in [3.8, 4) is 0 Å². The van der Waals surface area contributed by atoms with E-state index in [4.69, 9.17) is 0 Å². The van der Waals surface area contributed by atoms with E-state index in [1.165, 1.54) is 33.4 Å². The molecule has 0 radical (unpaired) electrons. The average Bonchev–Trinajstić information content (AvgIpc) is 2.63. The largest absolute Gasteiger partial charge is 0.0561 e. The van der Waals surface area contributed by atoms with Crippen LogP contribution in [-0.2, 0) is 38.9 Å². The maximum atomic E-state index is 2.52. The van der Waals surface area contributed by atoms with Crippen LogP contribution in [-0.4, -0.2) is 0 Å². The summed E-state index contributed by atoms with van der Waals surface area (Å²) in [4.78, 5) is 0. The lowest BCUT2D eigenvalue weighted by Crippen LogP contribution is -2.30. The lowest BCUT2D eigenvalue weighted by molar-refractivity contribution is 0.482. The summed E-state index contributed by atoms with van der Waals surface area (Å²) < 4.78 is 0. The summed E-state index contributed by atoms with van der Waals surface area (Å²) in [6, 6.07) is 12.5. The Labute approximate surface area is 225 Å². The fraction of sp³-hybridized carbons (Fsp3) is 0.667. The zero-order valence-corrected chi connectivity index (χ0v) is 27.1. The molecule has 0 N–H and O–H groups in total. The number of benzene rings is 2. The van der Waals surface area contributed by atoms with E-state index in [1.807, 2.05) is 0 Å². The third-order valence-corrected chi connectivity index (χ3v) is 7.80. The topological polar surface area (TPSA) is 0 Å². The molecule has 0 heteroatoms. The van der Waals surface area contributed by atoms with Gasteiger partial charge in [-0.25, -0.2) is 0 Å². The summed E-state index contributed by atoms with van der Waals surface area (Å²) in [7, 11) is 0. The van der Waals surface area contributed by atoms with E-state index in [-0.39, 0.29) is 32.5 Å². The second kappa shape index (κ2) is 9.32. The third-order valence-electron chi connectivity index (χ3n) is 7.80. The van der Waals surface area contributed by atoms with Crippen LogP contribution in [0.1, 0.15) is 157 Å². The predicted molar refractivity (Wildman–Crippen MR) is 163 cm³/mol. The molecule has 0 fully saturated rings. The summed E-state index contributed by atoms with van der Waals surface area (Å²) >= 11 is 0. The van der Waals surface area contributed by atoms with Crippen molar-refractivity contribution in [3.63, 3.8) is 0 Å². The van der Waals surface area contributed by atoms with Crippen molar-refractivity contribution in [2.45, 2.75) is 157 Å². The molecule has 36 heavy (non-hydrogen) atoms. The van der Waals surface area contributed by atoms with E-state index >= 15 is 0 Å². The molecule has 0 amide bonds. The molecule has 0 bridgehead atoms. The van der Waals surface area contributed by atoms with Crippen LogP contribution in [0.4, 0.5) is 0 Å². The van der Waals surface area contributed by atoms with Crippen LogP contribution in [0.2, 0.25) is 0 Å². The van der Waals surface area contributed by atoms with Crippen LogP contribution in [0.25, 0.3) is 0 Å². The normalized spacial score (nSPS) is 14.4. The Kier molecular flexibility index (Phi) is 7.94. The molecule has 2 rings (SSSR count). The van der Waals surface area contributed by atoms with Crippen LogP contribution in [0.5, 0.6) is 0 Å². The number of hydrogen-bond donors (Lipinski definition) is 0. The molecule has 0 saturated heterocycles. The second-order valence-corrected chi connectivity index (χ2v) is 17.2. The van der Waals surface area contributed by atoms with Crippen LogP contribution in [0, 0.1) is 0 Å². The van der Waals surface area contributed by atoms with Gasteiger partial charge in [-0.1, -0.05) is 148 Å². The highest BCUT2D eigenvalue weighted by atomic mass is 14.4. The van der Waals surface area contributed by atoms with Crippen molar-refractivity contribution in [3.05, 3.63) is 69.3 Å². The SMILES string of the molecule is CC(C)(C)c1cc(C(C)(C)C)cc(C(C)(C)Cc2c(C(C)(C)C)cc(C(C)(C)C)cc2C(C)(C)C)c1. The molecule has 0 spiro atoms. The van der Waals surface area contributed by atoms with Gasteiger partial charge in [-0.15, -0.1) is 0 Å². The highest BCUT2D eigenvalue weighted by Gasteiger charge is 2.33. The first kappa shape index (κ1) is 30.7. The van der Waals surface area contributed by atoms with Gasteiger partial charge in [0.05, 0.1) is 0 Å². The van der Waals surface area contributed by atoms with Gasteiger partial charge >= 0.3 is 0 Å². The Hall–Kier alpha value is -1.56. The smallest absolute Gasteiger partial charge is 0.00628 e. The van der Waals surface area contributed by atoms with E-state index in [9.17, 15) is 0 Å². The minimum atomic E-state index is 0.00447. The average molecular weight is 491 g/mol. The van der Waals surface area contributed by atoms with Crippen LogP contribution in [0.15, 0.2) is 30.3 Å². The van der Waals surface area contributed by atoms with Crippen LogP contribution in [0.3, 0.4) is 0 Å². The fourth-order valence-corrected chi connectivity index (χ4v) is 5.06. The zero-order valence-electron chi connectivity index (χ0n) is 27.1. The van der Waals surface area contributed by atoms with Crippen molar-refractivity contribution in [2.24, 2.45) is 0 Å². The van der Waals surface area contributed by atoms with Gasteiger partial charge in [0.1, 0.15) is 0 Å². The molecule has 0 aliphatic rings. The van der Waals surface area contributed by atoms with Crippen LogP contribution < -0.4 is 0 Å². The first-order valence-corrected chi connectivity index (χ1v) is 14.1.